The maximum atomic E-state index is 11.6. The van der Waals surface area contributed by atoms with Gasteiger partial charge in [0, 0.05) is 17.3 Å². The predicted molar refractivity (Wildman–Crippen MR) is 69.2 cm³/mol. The third-order valence-electron chi connectivity index (χ3n) is 2.27. The lowest BCUT2D eigenvalue weighted by Crippen LogP contribution is -2.41. The first kappa shape index (κ1) is 13.5. The van der Waals surface area contributed by atoms with E-state index in [0.717, 1.165) is 5.56 Å². The van der Waals surface area contributed by atoms with Crippen LogP contribution in [0.2, 0.25) is 0 Å². The van der Waals surface area contributed by atoms with Crippen LogP contribution in [0.25, 0.3) is 0 Å². The van der Waals surface area contributed by atoms with Crippen LogP contribution in [0, 0.1) is 6.92 Å². The number of benzene rings is 1. The fraction of sp³-hybridized carbons (Fsp3) is 0.462. The smallest absolute Gasteiger partial charge is 0.238 e. The van der Waals surface area contributed by atoms with Gasteiger partial charge in [0.05, 0.1) is 6.54 Å². The van der Waals surface area contributed by atoms with Gasteiger partial charge >= 0.3 is 0 Å². The van der Waals surface area contributed by atoms with Gasteiger partial charge in [0.1, 0.15) is 5.75 Å². The summed E-state index contributed by atoms with van der Waals surface area (Å²) in [4.78, 5) is 11.6. The minimum atomic E-state index is -0.122. The second-order valence-corrected chi connectivity index (χ2v) is 5.15. The van der Waals surface area contributed by atoms with E-state index in [9.17, 15) is 9.90 Å². The molecule has 0 radical (unpaired) electrons. The number of nitrogens with one attached hydrogen (secondary N) is 2. The third-order valence-corrected chi connectivity index (χ3v) is 2.27. The zero-order chi connectivity index (χ0) is 13.1. The summed E-state index contributed by atoms with van der Waals surface area (Å²) in [7, 11) is 0. The molecule has 94 valence electrons. The molecule has 0 aliphatic carbocycles. The summed E-state index contributed by atoms with van der Waals surface area (Å²) in [6.07, 6.45) is 0. The summed E-state index contributed by atoms with van der Waals surface area (Å²) < 4.78 is 0. The minimum Gasteiger partial charge on any atom is -0.508 e. The van der Waals surface area contributed by atoms with Crippen LogP contribution in [0.4, 0.5) is 5.69 Å². The van der Waals surface area contributed by atoms with Crippen LogP contribution in [-0.2, 0) is 4.79 Å². The van der Waals surface area contributed by atoms with Gasteiger partial charge in [0.2, 0.25) is 5.91 Å². The van der Waals surface area contributed by atoms with Crippen molar-refractivity contribution in [2.75, 3.05) is 11.9 Å². The Hall–Kier alpha value is -1.55. The molecule has 0 aromatic heterocycles. The maximum absolute atomic E-state index is 11.6. The Kier molecular flexibility index (Phi) is 4.12. The van der Waals surface area contributed by atoms with E-state index in [0.29, 0.717) is 5.69 Å². The van der Waals surface area contributed by atoms with Crippen molar-refractivity contribution in [1.29, 1.82) is 0 Å². The molecule has 1 aromatic rings. The maximum Gasteiger partial charge on any atom is 0.238 e. The number of carbonyl (C=O) groups excluding carboxylic acids is 1. The lowest BCUT2D eigenvalue weighted by Gasteiger charge is -2.20. The second kappa shape index (κ2) is 5.19. The lowest BCUT2D eigenvalue weighted by atomic mass is 10.1. The highest BCUT2D eigenvalue weighted by Crippen LogP contribution is 2.20. The number of phenolic OH excluding ortho intramolecular Hbond substituents is 1. The fourth-order valence-electron chi connectivity index (χ4n) is 1.24. The Balaban J connectivity index is 2.54. The normalized spacial score (nSPS) is 11.3. The Labute approximate surface area is 102 Å². The first-order valence-corrected chi connectivity index (χ1v) is 5.62. The van der Waals surface area contributed by atoms with E-state index in [-0.39, 0.29) is 23.7 Å². The third kappa shape index (κ3) is 4.87. The molecule has 0 fully saturated rings. The van der Waals surface area contributed by atoms with Gasteiger partial charge in [-0.15, -0.1) is 0 Å². The molecular weight excluding hydrogens is 216 g/mol. The molecule has 0 spiro atoms. The zero-order valence-corrected chi connectivity index (χ0v) is 10.8. The summed E-state index contributed by atoms with van der Waals surface area (Å²) in [5, 5.41) is 15.3. The predicted octanol–water partition coefficient (Wildman–Crippen LogP) is 2.03. The topological polar surface area (TPSA) is 61.4 Å². The largest absolute Gasteiger partial charge is 0.508 e. The molecule has 0 heterocycles. The van der Waals surface area contributed by atoms with Gasteiger partial charge in [0.15, 0.2) is 0 Å². The Morgan fingerprint density at radius 2 is 2.00 bits per heavy atom. The second-order valence-electron chi connectivity index (χ2n) is 5.15. The van der Waals surface area contributed by atoms with Crippen LogP contribution in [0.3, 0.4) is 0 Å². The number of rotatable bonds is 3. The monoisotopic (exact) mass is 236 g/mol. The molecule has 3 N–H and O–H groups in total. The van der Waals surface area contributed by atoms with Gasteiger partial charge in [0.25, 0.3) is 0 Å². The molecule has 0 aliphatic heterocycles. The molecule has 17 heavy (non-hydrogen) atoms. The van der Waals surface area contributed by atoms with Crippen LogP contribution in [0.15, 0.2) is 18.2 Å². The van der Waals surface area contributed by atoms with Crippen molar-refractivity contribution >= 4 is 11.6 Å². The summed E-state index contributed by atoms with van der Waals surface area (Å²) in [6, 6.07) is 5.08. The molecule has 0 unspecified atom stereocenters. The molecule has 1 amide bonds. The molecule has 4 heteroatoms. The highest BCUT2D eigenvalue weighted by atomic mass is 16.3. The quantitative estimate of drug-likeness (QED) is 0.752. The molecule has 0 bridgehead atoms. The van der Waals surface area contributed by atoms with Crippen molar-refractivity contribution in [1.82, 2.24) is 5.32 Å². The number of aryl methyl sites for hydroxylation is 1. The summed E-state index contributed by atoms with van der Waals surface area (Å²) in [5.41, 5.74) is 1.30. The highest BCUT2D eigenvalue weighted by Gasteiger charge is 2.11. The van der Waals surface area contributed by atoms with Crippen molar-refractivity contribution in [2.45, 2.75) is 33.2 Å². The van der Waals surface area contributed by atoms with E-state index in [2.05, 4.69) is 10.6 Å². The minimum absolute atomic E-state index is 0.0905. The SMILES string of the molecule is Cc1ccc(NC(=O)CNC(C)(C)C)cc1O. The molecule has 4 nitrogen and oxygen atoms in total. The van der Waals surface area contributed by atoms with E-state index < -0.39 is 0 Å². The number of hydrogen-bond acceptors (Lipinski definition) is 3. The van der Waals surface area contributed by atoms with Crippen molar-refractivity contribution < 1.29 is 9.90 Å². The van der Waals surface area contributed by atoms with E-state index in [1.807, 2.05) is 27.7 Å². The highest BCUT2D eigenvalue weighted by molar-refractivity contribution is 5.92. The van der Waals surface area contributed by atoms with Crippen molar-refractivity contribution in [3.63, 3.8) is 0 Å². The van der Waals surface area contributed by atoms with Gasteiger partial charge in [-0.25, -0.2) is 0 Å². The van der Waals surface area contributed by atoms with Crippen molar-refractivity contribution in [2.24, 2.45) is 0 Å². The number of amides is 1. The first-order valence-electron chi connectivity index (χ1n) is 5.62. The zero-order valence-electron chi connectivity index (χ0n) is 10.8. The van der Waals surface area contributed by atoms with E-state index >= 15 is 0 Å². The standard InChI is InChI=1S/C13H20N2O2/c1-9-5-6-10(7-11(9)16)15-12(17)8-14-13(2,3)4/h5-7,14,16H,8H2,1-4H3,(H,15,17). The van der Waals surface area contributed by atoms with Crippen LogP contribution in [-0.4, -0.2) is 23.1 Å². The van der Waals surface area contributed by atoms with Gasteiger partial charge in [-0.2, -0.15) is 0 Å². The van der Waals surface area contributed by atoms with Crippen LogP contribution in [0.1, 0.15) is 26.3 Å². The number of phenols is 1. The molecule has 0 saturated heterocycles. The molecule has 0 aliphatic rings. The molecule has 0 saturated carbocycles. The molecule has 1 aromatic carbocycles. The van der Waals surface area contributed by atoms with Gasteiger partial charge < -0.3 is 15.7 Å². The van der Waals surface area contributed by atoms with Gasteiger partial charge in [-0.05, 0) is 39.3 Å². The average Bonchev–Trinajstić information content (AvgIpc) is 2.20. The Morgan fingerprint density at radius 1 is 1.35 bits per heavy atom. The molecule has 1 rings (SSSR count). The van der Waals surface area contributed by atoms with Gasteiger partial charge in [-0.1, -0.05) is 6.07 Å². The summed E-state index contributed by atoms with van der Waals surface area (Å²) >= 11 is 0. The average molecular weight is 236 g/mol. The number of hydrogen-bond donors (Lipinski definition) is 3. The number of carbonyl (C=O) groups is 1. The van der Waals surface area contributed by atoms with Crippen molar-refractivity contribution in [3.8, 4) is 5.75 Å². The van der Waals surface area contributed by atoms with Crippen molar-refractivity contribution in [3.05, 3.63) is 23.8 Å². The lowest BCUT2D eigenvalue weighted by molar-refractivity contribution is -0.115. The Morgan fingerprint density at radius 3 is 2.53 bits per heavy atom. The van der Waals surface area contributed by atoms with E-state index in [4.69, 9.17) is 0 Å². The van der Waals surface area contributed by atoms with Crippen LogP contribution in [0.5, 0.6) is 5.75 Å². The fourth-order valence-corrected chi connectivity index (χ4v) is 1.24. The summed E-state index contributed by atoms with van der Waals surface area (Å²) in [5.74, 6) is 0.0646. The first-order chi connectivity index (χ1) is 7.78. The van der Waals surface area contributed by atoms with Crippen LogP contribution >= 0.6 is 0 Å². The Bertz CT molecular complexity index is 408. The molecule has 0 atom stereocenters. The summed E-state index contributed by atoms with van der Waals surface area (Å²) in [6.45, 7) is 8.05. The van der Waals surface area contributed by atoms with Crippen LogP contribution < -0.4 is 10.6 Å². The van der Waals surface area contributed by atoms with E-state index in [1.54, 1.807) is 18.2 Å². The van der Waals surface area contributed by atoms with E-state index in [1.165, 1.54) is 0 Å². The molecular formula is C13H20N2O2. The van der Waals surface area contributed by atoms with Gasteiger partial charge in [-0.3, -0.25) is 4.79 Å². The number of aromatic hydroxyl groups is 1. The number of anilines is 1.